The number of hydrazone groups is 1. The number of hydrogen-bond acceptors (Lipinski definition) is 4. The van der Waals surface area contributed by atoms with Crippen LogP contribution in [0.15, 0.2) is 89.0 Å². The van der Waals surface area contributed by atoms with E-state index in [2.05, 4.69) is 24.0 Å². The number of para-hydroxylation sites is 1. The highest BCUT2D eigenvalue weighted by Gasteiger charge is 2.27. The molecule has 6 nitrogen and oxygen atoms in total. The molecule has 1 atom stereocenters. The van der Waals surface area contributed by atoms with Gasteiger partial charge in [-0.25, -0.2) is 10.0 Å². The number of guanidine groups is 1. The number of benzene rings is 3. The molecule has 3 aromatic rings. The Labute approximate surface area is 182 Å². The minimum Gasteiger partial charge on any atom is -0.497 e. The molecule has 1 heterocycles. The summed E-state index contributed by atoms with van der Waals surface area (Å²) in [4.78, 5) is 4.50. The fourth-order valence-electron chi connectivity index (χ4n) is 3.47. The Morgan fingerprint density at radius 2 is 1.74 bits per heavy atom. The first-order valence-electron chi connectivity index (χ1n) is 10.2. The number of aliphatic imine (C=N–C) groups is 1. The summed E-state index contributed by atoms with van der Waals surface area (Å²) >= 11 is 0. The monoisotopic (exact) mass is 414 g/mol. The van der Waals surface area contributed by atoms with Gasteiger partial charge in [0.15, 0.2) is 0 Å². The van der Waals surface area contributed by atoms with E-state index < -0.39 is 0 Å². The lowest BCUT2D eigenvalue weighted by Crippen LogP contribution is -2.32. The van der Waals surface area contributed by atoms with E-state index in [0.29, 0.717) is 19.1 Å². The SMILES string of the molecule is COc1ccc(N=C(N)N2CC(C)C(c3ccccc3OCc3ccccc3)=N2)cc1. The maximum absolute atomic E-state index is 6.26. The van der Waals surface area contributed by atoms with Gasteiger partial charge >= 0.3 is 0 Å². The molecule has 0 saturated carbocycles. The average Bonchev–Trinajstić information content (AvgIpc) is 3.20. The van der Waals surface area contributed by atoms with Crippen LogP contribution in [0.3, 0.4) is 0 Å². The second-order valence-electron chi connectivity index (χ2n) is 7.41. The Hall–Kier alpha value is -3.80. The Morgan fingerprint density at radius 1 is 1.03 bits per heavy atom. The summed E-state index contributed by atoms with van der Waals surface area (Å²) in [5.74, 6) is 2.13. The first-order chi connectivity index (χ1) is 15.1. The van der Waals surface area contributed by atoms with Crippen LogP contribution in [0.4, 0.5) is 5.69 Å². The third-order valence-electron chi connectivity index (χ3n) is 5.12. The van der Waals surface area contributed by atoms with E-state index in [1.54, 1.807) is 12.1 Å². The zero-order valence-corrected chi connectivity index (χ0v) is 17.7. The van der Waals surface area contributed by atoms with Crippen molar-refractivity contribution in [3.63, 3.8) is 0 Å². The van der Waals surface area contributed by atoms with Gasteiger partial charge < -0.3 is 15.2 Å². The molecule has 0 aliphatic carbocycles. The third kappa shape index (κ3) is 4.86. The highest BCUT2D eigenvalue weighted by Crippen LogP contribution is 2.27. The van der Waals surface area contributed by atoms with Gasteiger partial charge in [0.25, 0.3) is 0 Å². The number of rotatable bonds is 6. The average molecular weight is 415 g/mol. The van der Waals surface area contributed by atoms with E-state index in [1.165, 1.54) is 0 Å². The van der Waals surface area contributed by atoms with Crippen LogP contribution >= 0.6 is 0 Å². The van der Waals surface area contributed by atoms with Crippen molar-refractivity contribution in [3.8, 4) is 11.5 Å². The summed E-state index contributed by atoms with van der Waals surface area (Å²) in [7, 11) is 1.63. The van der Waals surface area contributed by atoms with E-state index >= 15 is 0 Å². The van der Waals surface area contributed by atoms with Gasteiger partial charge in [-0.05, 0) is 42.0 Å². The van der Waals surface area contributed by atoms with Crippen molar-refractivity contribution in [2.24, 2.45) is 21.7 Å². The summed E-state index contributed by atoms with van der Waals surface area (Å²) in [6.45, 7) is 3.30. The van der Waals surface area contributed by atoms with Gasteiger partial charge in [0.1, 0.15) is 18.1 Å². The molecule has 0 saturated heterocycles. The van der Waals surface area contributed by atoms with Gasteiger partial charge in [-0.3, -0.25) is 0 Å². The summed E-state index contributed by atoms with van der Waals surface area (Å²) < 4.78 is 11.3. The van der Waals surface area contributed by atoms with Crippen LogP contribution in [0, 0.1) is 5.92 Å². The van der Waals surface area contributed by atoms with Gasteiger partial charge in [0, 0.05) is 11.5 Å². The molecule has 0 radical (unpaired) electrons. The number of nitrogens with two attached hydrogens (primary N) is 1. The molecule has 0 fully saturated rings. The van der Waals surface area contributed by atoms with Crippen molar-refractivity contribution in [2.75, 3.05) is 13.7 Å². The predicted molar refractivity (Wildman–Crippen MR) is 124 cm³/mol. The smallest absolute Gasteiger partial charge is 0.217 e. The molecule has 158 valence electrons. The summed E-state index contributed by atoms with van der Waals surface area (Å²) in [5.41, 5.74) is 10.1. The molecule has 31 heavy (non-hydrogen) atoms. The number of hydrogen-bond donors (Lipinski definition) is 1. The lowest BCUT2D eigenvalue weighted by Gasteiger charge is -2.13. The van der Waals surface area contributed by atoms with E-state index in [4.69, 9.17) is 20.3 Å². The maximum atomic E-state index is 6.26. The Kier molecular flexibility index (Phi) is 6.17. The van der Waals surface area contributed by atoms with E-state index in [-0.39, 0.29) is 5.92 Å². The first-order valence-corrected chi connectivity index (χ1v) is 10.2. The molecule has 1 aliphatic heterocycles. The highest BCUT2D eigenvalue weighted by atomic mass is 16.5. The molecule has 6 heteroatoms. The van der Waals surface area contributed by atoms with Crippen LogP contribution in [0.2, 0.25) is 0 Å². The Balaban J connectivity index is 1.54. The minimum atomic E-state index is 0.186. The van der Waals surface area contributed by atoms with Crippen molar-refractivity contribution >= 4 is 17.4 Å². The zero-order valence-electron chi connectivity index (χ0n) is 17.7. The summed E-state index contributed by atoms with van der Waals surface area (Å²) in [5, 5.41) is 6.52. The maximum Gasteiger partial charge on any atom is 0.217 e. The molecule has 0 aromatic heterocycles. The summed E-state index contributed by atoms with van der Waals surface area (Å²) in [6.07, 6.45) is 0. The fourth-order valence-corrected chi connectivity index (χ4v) is 3.47. The zero-order chi connectivity index (χ0) is 21.6. The predicted octanol–water partition coefficient (Wildman–Crippen LogP) is 4.58. The van der Waals surface area contributed by atoms with E-state index in [9.17, 15) is 0 Å². The topological polar surface area (TPSA) is 72.4 Å². The molecular formula is C25H26N4O2. The van der Waals surface area contributed by atoms with Crippen LogP contribution in [0.5, 0.6) is 11.5 Å². The standard InChI is InChI=1S/C25H26N4O2/c1-18-16-29(25(26)27-20-12-14-21(30-2)15-13-20)28-24(18)22-10-6-7-11-23(22)31-17-19-8-4-3-5-9-19/h3-15,18H,16-17H2,1-2H3,(H2,26,27). The second kappa shape index (κ2) is 9.34. The van der Waals surface area contributed by atoms with Crippen molar-refractivity contribution < 1.29 is 9.47 Å². The molecule has 0 amide bonds. The van der Waals surface area contributed by atoms with E-state index in [1.807, 2.05) is 66.7 Å². The third-order valence-corrected chi connectivity index (χ3v) is 5.12. The van der Waals surface area contributed by atoms with Gasteiger partial charge in [-0.1, -0.05) is 49.4 Å². The number of methoxy groups -OCH3 is 1. The van der Waals surface area contributed by atoms with Gasteiger partial charge in [-0.2, -0.15) is 5.10 Å². The Bertz CT molecular complexity index is 1080. The van der Waals surface area contributed by atoms with Crippen molar-refractivity contribution in [1.82, 2.24) is 5.01 Å². The van der Waals surface area contributed by atoms with Crippen LogP contribution in [0.1, 0.15) is 18.1 Å². The van der Waals surface area contributed by atoms with Gasteiger partial charge in [0.2, 0.25) is 5.96 Å². The molecule has 0 bridgehead atoms. The molecule has 4 rings (SSSR count). The van der Waals surface area contributed by atoms with Crippen LogP contribution in [-0.4, -0.2) is 30.3 Å². The van der Waals surface area contributed by atoms with Gasteiger partial charge in [-0.15, -0.1) is 0 Å². The highest BCUT2D eigenvalue weighted by molar-refractivity contribution is 6.06. The van der Waals surface area contributed by atoms with E-state index in [0.717, 1.165) is 34.0 Å². The van der Waals surface area contributed by atoms with Gasteiger partial charge in [0.05, 0.1) is 25.1 Å². The molecule has 1 unspecified atom stereocenters. The molecule has 1 aliphatic rings. The quantitative estimate of drug-likeness (QED) is 0.473. The second-order valence-corrected chi connectivity index (χ2v) is 7.41. The molecular weight excluding hydrogens is 388 g/mol. The number of nitrogens with zero attached hydrogens (tertiary/aromatic N) is 3. The number of ether oxygens (including phenoxy) is 2. The molecule has 2 N–H and O–H groups in total. The van der Waals surface area contributed by atoms with Crippen LogP contribution in [0.25, 0.3) is 0 Å². The summed E-state index contributed by atoms with van der Waals surface area (Å²) in [6, 6.07) is 25.5. The molecule has 3 aromatic carbocycles. The van der Waals surface area contributed by atoms with Crippen molar-refractivity contribution in [2.45, 2.75) is 13.5 Å². The van der Waals surface area contributed by atoms with Crippen LogP contribution < -0.4 is 15.2 Å². The normalized spacial score (nSPS) is 16.2. The first kappa shape index (κ1) is 20.5. The molecule has 0 spiro atoms. The van der Waals surface area contributed by atoms with Crippen LogP contribution in [-0.2, 0) is 6.61 Å². The minimum absolute atomic E-state index is 0.186. The Morgan fingerprint density at radius 3 is 2.48 bits per heavy atom. The fraction of sp³-hybridized carbons (Fsp3) is 0.200. The lowest BCUT2D eigenvalue weighted by atomic mass is 9.98. The van der Waals surface area contributed by atoms with Crippen molar-refractivity contribution in [3.05, 3.63) is 90.0 Å². The largest absolute Gasteiger partial charge is 0.497 e. The van der Waals surface area contributed by atoms with Crippen molar-refractivity contribution in [1.29, 1.82) is 0 Å². The lowest BCUT2D eigenvalue weighted by molar-refractivity contribution is 0.305.